The van der Waals surface area contributed by atoms with E-state index in [4.69, 9.17) is 21.5 Å². The van der Waals surface area contributed by atoms with Crippen LogP contribution in [-0.4, -0.2) is 21.1 Å². The molecule has 0 saturated carbocycles. The number of nitrogens with two attached hydrogens (primary N) is 1. The predicted octanol–water partition coefficient (Wildman–Crippen LogP) is 2.93. The van der Waals surface area contributed by atoms with Gasteiger partial charge in [-0.2, -0.15) is 0 Å². The highest BCUT2D eigenvalue weighted by Gasteiger charge is 2.12. The summed E-state index contributed by atoms with van der Waals surface area (Å²) in [6.07, 6.45) is 2.85. The Morgan fingerprint density at radius 3 is 2.56 bits per heavy atom. The number of primary sulfonamides is 1. The lowest BCUT2D eigenvalue weighted by atomic mass is 10.2. The number of ether oxygens (including phenoxy) is 1. The van der Waals surface area contributed by atoms with Crippen molar-refractivity contribution in [3.05, 3.63) is 70.8 Å². The first kappa shape index (κ1) is 19.0. The van der Waals surface area contributed by atoms with E-state index in [1.807, 2.05) is 30.3 Å². The van der Waals surface area contributed by atoms with Crippen LogP contribution in [0.15, 0.2) is 59.5 Å². The minimum absolute atomic E-state index is 0.0416. The zero-order valence-corrected chi connectivity index (χ0v) is 14.8. The number of nitrogens with one attached hydrogen (secondary N) is 1. The van der Waals surface area contributed by atoms with Crippen LogP contribution in [-0.2, 0) is 21.4 Å². The van der Waals surface area contributed by atoms with Crippen LogP contribution in [0.3, 0.4) is 0 Å². The van der Waals surface area contributed by atoms with E-state index in [2.05, 4.69) is 5.32 Å². The lowest BCUT2D eigenvalue weighted by Crippen LogP contribution is -2.24. The molecule has 25 heavy (non-hydrogen) atoms. The second kappa shape index (κ2) is 8.66. The van der Waals surface area contributed by atoms with Gasteiger partial charge in [0.05, 0.1) is 5.02 Å². The van der Waals surface area contributed by atoms with Crippen molar-refractivity contribution < 1.29 is 17.9 Å². The molecule has 0 heterocycles. The number of hydrogen-bond acceptors (Lipinski definition) is 4. The molecule has 0 saturated heterocycles. The standard InChI is InChI=1S/C17H17ClN2O4S/c18-15-11-13(8-9-16(15)25(19,22)23)7-4-10-20-17(21)24-12-14-5-2-1-3-6-14/h1-9,11H,10,12H2,(H,20,21)(H2,19,22,23). The van der Waals surface area contributed by atoms with Gasteiger partial charge in [0.1, 0.15) is 11.5 Å². The molecular formula is C17H17ClN2O4S. The van der Waals surface area contributed by atoms with Crippen LogP contribution in [0.2, 0.25) is 5.02 Å². The molecule has 8 heteroatoms. The van der Waals surface area contributed by atoms with Gasteiger partial charge < -0.3 is 10.1 Å². The van der Waals surface area contributed by atoms with Crippen LogP contribution in [0.4, 0.5) is 4.79 Å². The Morgan fingerprint density at radius 1 is 1.20 bits per heavy atom. The average molecular weight is 381 g/mol. The summed E-state index contributed by atoms with van der Waals surface area (Å²) in [6.45, 7) is 0.448. The maximum absolute atomic E-state index is 11.6. The minimum Gasteiger partial charge on any atom is -0.445 e. The Labute approximate surface area is 151 Å². The number of halogens is 1. The molecule has 0 atom stereocenters. The Hall–Kier alpha value is -2.35. The SMILES string of the molecule is NS(=O)(=O)c1ccc(C=CCNC(=O)OCc2ccccc2)cc1Cl. The zero-order valence-electron chi connectivity index (χ0n) is 13.2. The van der Waals surface area contributed by atoms with E-state index >= 15 is 0 Å². The number of alkyl carbamates (subject to hydrolysis) is 1. The first-order chi connectivity index (χ1) is 11.9. The van der Waals surface area contributed by atoms with Gasteiger partial charge in [-0.05, 0) is 23.3 Å². The molecule has 1 amide bonds. The number of benzene rings is 2. The molecule has 6 nitrogen and oxygen atoms in total. The largest absolute Gasteiger partial charge is 0.445 e. The molecule has 3 N–H and O–H groups in total. The number of rotatable bonds is 6. The fraction of sp³-hybridized carbons (Fsp3) is 0.118. The highest BCUT2D eigenvalue weighted by atomic mass is 35.5. The highest BCUT2D eigenvalue weighted by molar-refractivity contribution is 7.89. The molecule has 0 aliphatic heterocycles. The van der Waals surface area contributed by atoms with E-state index in [1.165, 1.54) is 12.1 Å². The van der Waals surface area contributed by atoms with E-state index in [0.717, 1.165) is 5.56 Å². The van der Waals surface area contributed by atoms with Crippen molar-refractivity contribution in [2.24, 2.45) is 5.14 Å². The summed E-state index contributed by atoms with van der Waals surface area (Å²) in [6, 6.07) is 13.7. The van der Waals surface area contributed by atoms with Crippen LogP contribution < -0.4 is 10.5 Å². The average Bonchev–Trinajstić information content (AvgIpc) is 2.57. The number of carbonyl (C=O) groups is 1. The van der Waals surface area contributed by atoms with Crippen LogP contribution in [0.25, 0.3) is 6.08 Å². The Morgan fingerprint density at radius 2 is 1.92 bits per heavy atom. The molecule has 132 valence electrons. The van der Waals surface area contributed by atoms with Gasteiger partial charge in [-0.3, -0.25) is 0 Å². The summed E-state index contributed by atoms with van der Waals surface area (Å²) in [5.74, 6) is 0. The normalized spacial score (nSPS) is 11.4. The van der Waals surface area contributed by atoms with Crippen molar-refractivity contribution in [1.82, 2.24) is 5.32 Å². The maximum Gasteiger partial charge on any atom is 0.407 e. The molecule has 2 aromatic carbocycles. The maximum atomic E-state index is 11.6. The molecule has 0 aliphatic carbocycles. The predicted molar refractivity (Wildman–Crippen MR) is 96.5 cm³/mol. The van der Waals surface area contributed by atoms with Gasteiger partial charge in [-0.15, -0.1) is 0 Å². The molecule has 0 aliphatic rings. The van der Waals surface area contributed by atoms with E-state index in [1.54, 1.807) is 18.2 Å². The molecule has 2 aromatic rings. The highest BCUT2D eigenvalue weighted by Crippen LogP contribution is 2.22. The van der Waals surface area contributed by atoms with Crippen molar-refractivity contribution in [3.63, 3.8) is 0 Å². The first-order valence-corrected chi connectivity index (χ1v) is 9.22. The molecule has 0 unspecified atom stereocenters. The van der Waals surface area contributed by atoms with Gasteiger partial charge >= 0.3 is 6.09 Å². The molecule has 0 bridgehead atoms. The van der Waals surface area contributed by atoms with Gasteiger partial charge in [0.15, 0.2) is 0 Å². The molecule has 0 spiro atoms. The number of hydrogen-bond donors (Lipinski definition) is 2. The lowest BCUT2D eigenvalue weighted by molar-refractivity contribution is 0.141. The van der Waals surface area contributed by atoms with Gasteiger partial charge in [0.25, 0.3) is 0 Å². The van der Waals surface area contributed by atoms with Gasteiger partial charge in [0, 0.05) is 6.54 Å². The number of amides is 1. The Bertz CT molecular complexity index is 867. The van der Waals surface area contributed by atoms with E-state index in [-0.39, 0.29) is 23.1 Å². The van der Waals surface area contributed by atoms with Crippen LogP contribution in [0.1, 0.15) is 11.1 Å². The fourth-order valence-corrected chi connectivity index (χ4v) is 3.06. The summed E-state index contributed by atoms with van der Waals surface area (Å²) in [7, 11) is -3.85. The number of carbonyl (C=O) groups excluding carboxylic acids is 1. The Kier molecular flexibility index (Phi) is 6.58. The number of sulfonamides is 1. The topological polar surface area (TPSA) is 98.5 Å². The summed E-state index contributed by atoms with van der Waals surface area (Å²) in [5, 5.41) is 7.66. The van der Waals surface area contributed by atoms with E-state index in [9.17, 15) is 13.2 Å². The lowest BCUT2D eigenvalue weighted by Gasteiger charge is -2.05. The molecule has 2 rings (SSSR count). The van der Waals surface area contributed by atoms with Crippen LogP contribution in [0, 0.1) is 0 Å². The summed E-state index contributed by atoms with van der Waals surface area (Å²) >= 11 is 5.89. The van der Waals surface area contributed by atoms with Gasteiger partial charge in [0.2, 0.25) is 10.0 Å². The van der Waals surface area contributed by atoms with Crippen molar-refractivity contribution in [3.8, 4) is 0 Å². The van der Waals surface area contributed by atoms with Crippen molar-refractivity contribution >= 4 is 33.8 Å². The minimum atomic E-state index is -3.85. The van der Waals surface area contributed by atoms with Gasteiger partial charge in [-0.25, -0.2) is 18.4 Å². The molecular weight excluding hydrogens is 364 g/mol. The smallest absolute Gasteiger partial charge is 0.407 e. The van der Waals surface area contributed by atoms with E-state index < -0.39 is 16.1 Å². The molecule has 0 aromatic heterocycles. The van der Waals surface area contributed by atoms with Crippen molar-refractivity contribution in [2.45, 2.75) is 11.5 Å². The van der Waals surface area contributed by atoms with Crippen LogP contribution in [0.5, 0.6) is 0 Å². The van der Waals surface area contributed by atoms with Crippen molar-refractivity contribution in [2.75, 3.05) is 6.54 Å². The fourth-order valence-electron chi connectivity index (χ4n) is 1.96. The van der Waals surface area contributed by atoms with E-state index in [0.29, 0.717) is 5.56 Å². The third-order valence-corrected chi connectivity index (χ3v) is 4.54. The molecule has 0 fully saturated rings. The summed E-state index contributed by atoms with van der Waals surface area (Å²) in [5.41, 5.74) is 1.58. The first-order valence-electron chi connectivity index (χ1n) is 7.30. The third kappa shape index (κ3) is 6.22. The second-order valence-corrected chi connectivity index (χ2v) is 7.02. The monoisotopic (exact) mass is 380 g/mol. The van der Waals surface area contributed by atoms with Gasteiger partial charge in [-0.1, -0.05) is 60.2 Å². The summed E-state index contributed by atoms with van der Waals surface area (Å²) < 4.78 is 27.6. The third-order valence-electron chi connectivity index (χ3n) is 3.15. The quantitative estimate of drug-likeness (QED) is 0.804. The Balaban J connectivity index is 1.81. The summed E-state index contributed by atoms with van der Waals surface area (Å²) in [4.78, 5) is 11.4. The zero-order chi connectivity index (χ0) is 18.3. The van der Waals surface area contributed by atoms with Crippen molar-refractivity contribution in [1.29, 1.82) is 0 Å². The second-order valence-electron chi connectivity index (χ2n) is 5.08. The van der Waals surface area contributed by atoms with Crippen LogP contribution >= 0.6 is 11.6 Å². The molecule has 0 radical (unpaired) electrons.